The highest BCUT2D eigenvalue weighted by Gasteiger charge is 2.44. The molecule has 0 bridgehead atoms. The van der Waals surface area contributed by atoms with Gasteiger partial charge in [-0.2, -0.15) is 4.72 Å². The molecule has 1 N–H and O–H groups in total. The van der Waals surface area contributed by atoms with Gasteiger partial charge in [-0.3, -0.25) is 4.79 Å². The molecule has 0 spiro atoms. The topological polar surface area (TPSA) is 75.7 Å². The van der Waals surface area contributed by atoms with Gasteiger partial charge in [-0.15, -0.1) is 13.2 Å². The lowest BCUT2D eigenvalue weighted by molar-refractivity contribution is -0.274. The van der Waals surface area contributed by atoms with Crippen LogP contribution in [0.1, 0.15) is 32.3 Å². The summed E-state index contributed by atoms with van der Waals surface area (Å²) in [5.74, 6) is -0.453. The minimum absolute atomic E-state index is 0.0753. The predicted octanol–water partition coefficient (Wildman–Crippen LogP) is 4.69. The Morgan fingerprint density at radius 3 is 2.30 bits per heavy atom. The average Bonchev–Trinajstić information content (AvgIpc) is 3.12. The number of benzene rings is 2. The number of likely N-dealkylation sites (tertiary alicyclic amines) is 1. The van der Waals surface area contributed by atoms with Crippen LogP contribution in [0.25, 0.3) is 0 Å². The van der Waals surface area contributed by atoms with Crippen LogP contribution in [0.3, 0.4) is 0 Å². The summed E-state index contributed by atoms with van der Waals surface area (Å²) in [6.07, 6.45) is -4.22. The zero-order chi connectivity index (χ0) is 24.4. The van der Waals surface area contributed by atoms with Gasteiger partial charge in [0.2, 0.25) is 15.9 Å². The van der Waals surface area contributed by atoms with Gasteiger partial charge in [0.25, 0.3) is 0 Å². The second-order valence-electron chi connectivity index (χ2n) is 8.38. The van der Waals surface area contributed by atoms with E-state index in [2.05, 4.69) is 9.46 Å². The predicted molar refractivity (Wildman–Crippen MR) is 117 cm³/mol. The molecule has 33 heavy (non-hydrogen) atoms. The molecule has 3 rings (SSSR count). The first-order valence-corrected chi connectivity index (χ1v) is 12.1. The molecule has 1 aliphatic rings. The Bertz CT molecular complexity index is 1090. The van der Waals surface area contributed by atoms with Crippen LogP contribution in [0.15, 0.2) is 53.4 Å². The minimum atomic E-state index is -4.88. The van der Waals surface area contributed by atoms with E-state index in [9.17, 15) is 26.4 Å². The molecule has 180 valence electrons. The van der Waals surface area contributed by atoms with E-state index in [-0.39, 0.29) is 23.3 Å². The first kappa shape index (κ1) is 25.3. The maximum Gasteiger partial charge on any atom is 0.573 e. The lowest BCUT2D eigenvalue weighted by Gasteiger charge is -2.31. The van der Waals surface area contributed by atoms with E-state index in [1.807, 2.05) is 13.8 Å². The number of halogens is 4. The average molecular weight is 505 g/mol. The molecular formula is C22H24ClF3N2O4S. The van der Waals surface area contributed by atoms with Gasteiger partial charge in [0, 0.05) is 24.5 Å². The summed E-state index contributed by atoms with van der Waals surface area (Å²) >= 11 is 5.99. The number of hydrogen-bond acceptors (Lipinski definition) is 4. The lowest BCUT2D eigenvalue weighted by Crippen LogP contribution is -2.48. The molecular weight excluding hydrogens is 481 g/mol. The van der Waals surface area contributed by atoms with Crippen molar-refractivity contribution >= 4 is 27.5 Å². The number of amides is 1. The van der Waals surface area contributed by atoms with E-state index >= 15 is 0 Å². The maximum atomic E-state index is 13.2. The Morgan fingerprint density at radius 1 is 1.15 bits per heavy atom. The number of carbonyl (C=O) groups is 1. The molecule has 1 fully saturated rings. The smallest absolute Gasteiger partial charge is 0.406 e. The van der Waals surface area contributed by atoms with Gasteiger partial charge >= 0.3 is 6.36 Å². The SMILES string of the molecule is CC(C)CC(=O)N1CCC(NS(=O)(=O)c2ccc(OC(F)(F)F)cc2)(c2ccc(Cl)cc2)C1. The minimum Gasteiger partial charge on any atom is -0.406 e. The molecule has 1 atom stereocenters. The number of nitrogens with one attached hydrogen (secondary N) is 1. The van der Waals surface area contributed by atoms with Gasteiger partial charge in [-0.1, -0.05) is 37.6 Å². The van der Waals surface area contributed by atoms with Crippen LogP contribution < -0.4 is 9.46 Å². The van der Waals surface area contributed by atoms with Gasteiger partial charge in [0.15, 0.2) is 0 Å². The normalized spacial score (nSPS) is 19.2. The Labute approximate surface area is 195 Å². The van der Waals surface area contributed by atoms with Crippen LogP contribution in [0.2, 0.25) is 5.02 Å². The second-order valence-corrected chi connectivity index (χ2v) is 10.5. The fourth-order valence-electron chi connectivity index (χ4n) is 3.78. The van der Waals surface area contributed by atoms with Crippen molar-refractivity contribution in [2.24, 2.45) is 5.92 Å². The standard InChI is InChI=1S/C22H24ClF3N2O4S/c1-15(2)13-20(29)28-12-11-21(14-28,16-3-5-17(23)6-4-16)27-33(30,31)19-9-7-18(8-10-19)32-22(24,25)26/h3-10,15,27H,11-14H2,1-2H3. The van der Waals surface area contributed by atoms with Crippen LogP contribution in [0.5, 0.6) is 5.75 Å². The molecule has 1 heterocycles. The monoisotopic (exact) mass is 504 g/mol. The number of rotatable bonds is 7. The molecule has 1 aliphatic heterocycles. The molecule has 1 saturated heterocycles. The van der Waals surface area contributed by atoms with E-state index in [0.29, 0.717) is 30.0 Å². The van der Waals surface area contributed by atoms with Crippen LogP contribution in [0.4, 0.5) is 13.2 Å². The van der Waals surface area contributed by atoms with Crippen molar-refractivity contribution in [1.82, 2.24) is 9.62 Å². The number of alkyl halides is 3. The Hall–Kier alpha value is -2.30. The van der Waals surface area contributed by atoms with E-state index < -0.39 is 27.7 Å². The van der Waals surface area contributed by atoms with Crippen molar-refractivity contribution in [3.05, 3.63) is 59.1 Å². The molecule has 1 unspecified atom stereocenters. The quantitative estimate of drug-likeness (QED) is 0.593. The second kappa shape index (κ2) is 9.52. The summed E-state index contributed by atoms with van der Waals surface area (Å²) in [7, 11) is -4.15. The molecule has 0 aliphatic carbocycles. The van der Waals surface area contributed by atoms with Crippen molar-refractivity contribution in [3.63, 3.8) is 0 Å². The van der Waals surface area contributed by atoms with Gasteiger partial charge in [0.05, 0.1) is 10.4 Å². The zero-order valence-electron chi connectivity index (χ0n) is 18.0. The fourth-order valence-corrected chi connectivity index (χ4v) is 5.32. The van der Waals surface area contributed by atoms with E-state index in [1.165, 1.54) is 0 Å². The molecule has 2 aromatic carbocycles. The largest absolute Gasteiger partial charge is 0.573 e. The first-order chi connectivity index (χ1) is 15.3. The van der Waals surface area contributed by atoms with Crippen molar-refractivity contribution in [2.45, 2.75) is 43.5 Å². The summed E-state index contributed by atoms with van der Waals surface area (Å²) < 4.78 is 70.1. The first-order valence-electron chi connectivity index (χ1n) is 10.2. The third-order valence-corrected chi connectivity index (χ3v) is 7.10. The fraction of sp³-hybridized carbons (Fsp3) is 0.409. The highest BCUT2D eigenvalue weighted by Crippen LogP contribution is 2.35. The Balaban J connectivity index is 1.90. The Kier molecular flexibility index (Phi) is 7.30. The van der Waals surface area contributed by atoms with Crippen LogP contribution in [-0.4, -0.2) is 38.7 Å². The summed E-state index contributed by atoms with van der Waals surface area (Å²) in [5, 5.41) is 0.475. The van der Waals surface area contributed by atoms with Crippen LogP contribution in [0, 0.1) is 5.92 Å². The highest BCUT2D eigenvalue weighted by molar-refractivity contribution is 7.89. The molecule has 0 radical (unpaired) electrons. The van der Waals surface area contributed by atoms with E-state index in [4.69, 9.17) is 11.6 Å². The third-order valence-electron chi connectivity index (χ3n) is 5.30. The van der Waals surface area contributed by atoms with Gasteiger partial charge < -0.3 is 9.64 Å². The molecule has 1 amide bonds. The zero-order valence-corrected chi connectivity index (χ0v) is 19.6. The maximum absolute atomic E-state index is 13.2. The summed E-state index contributed by atoms with van der Waals surface area (Å²) in [6.45, 7) is 4.33. The number of nitrogens with zero attached hydrogens (tertiary/aromatic N) is 1. The molecule has 0 saturated carbocycles. The molecule has 2 aromatic rings. The van der Waals surface area contributed by atoms with Crippen LogP contribution in [-0.2, 0) is 20.4 Å². The number of carbonyl (C=O) groups excluding carboxylic acids is 1. The van der Waals surface area contributed by atoms with E-state index in [0.717, 1.165) is 24.3 Å². The highest BCUT2D eigenvalue weighted by atomic mass is 35.5. The molecule has 6 nitrogen and oxygen atoms in total. The van der Waals surface area contributed by atoms with Crippen molar-refractivity contribution in [2.75, 3.05) is 13.1 Å². The number of hydrogen-bond donors (Lipinski definition) is 1. The summed E-state index contributed by atoms with van der Waals surface area (Å²) in [4.78, 5) is 14.0. The summed E-state index contributed by atoms with van der Waals surface area (Å²) in [5.41, 5.74) is -0.482. The van der Waals surface area contributed by atoms with Crippen LogP contribution >= 0.6 is 11.6 Å². The lowest BCUT2D eigenvalue weighted by atomic mass is 9.90. The number of ether oxygens (including phenoxy) is 1. The van der Waals surface area contributed by atoms with Crippen molar-refractivity contribution < 1.29 is 31.1 Å². The van der Waals surface area contributed by atoms with Gasteiger partial charge in [0.1, 0.15) is 5.75 Å². The third kappa shape index (κ3) is 6.39. The van der Waals surface area contributed by atoms with Gasteiger partial charge in [-0.05, 0) is 54.3 Å². The van der Waals surface area contributed by atoms with Crippen molar-refractivity contribution in [1.29, 1.82) is 0 Å². The van der Waals surface area contributed by atoms with Crippen molar-refractivity contribution in [3.8, 4) is 5.75 Å². The summed E-state index contributed by atoms with van der Waals surface area (Å²) in [6, 6.07) is 10.6. The molecule has 0 aromatic heterocycles. The number of sulfonamides is 1. The van der Waals surface area contributed by atoms with Gasteiger partial charge in [-0.25, -0.2) is 8.42 Å². The molecule has 11 heteroatoms. The Morgan fingerprint density at radius 2 is 1.76 bits per heavy atom. The van der Waals surface area contributed by atoms with E-state index in [1.54, 1.807) is 29.2 Å².